The minimum absolute atomic E-state index is 0.595. The van der Waals surface area contributed by atoms with E-state index in [1.54, 1.807) is 0 Å². The minimum atomic E-state index is 0.595. The summed E-state index contributed by atoms with van der Waals surface area (Å²) in [6.45, 7) is 5.92. The van der Waals surface area contributed by atoms with Gasteiger partial charge in [-0.25, -0.2) is 4.98 Å². The first-order valence-electron chi connectivity index (χ1n) is 7.02. The van der Waals surface area contributed by atoms with Gasteiger partial charge in [0.25, 0.3) is 0 Å². The Bertz CT molecular complexity index is 515. The lowest BCUT2D eigenvalue weighted by atomic mass is 10.1. The zero-order chi connectivity index (χ0) is 12.4. The number of rotatable bonds is 3. The molecule has 1 aromatic carbocycles. The van der Waals surface area contributed by atoms with E-state index < -0.39 is 0 Å². The fraction of sp³-hybridized carbons (Fsp3) is 0.533. The highest BCUT2D eigenvalue weighted by Gasteiger charge is 2.21. The summed E-state index contributed by atoms with van der Waals surface area (Å²) in [6.07, 6.45) is 5.85. The van der Waals surface area contributed by atoms with Crippen molar-refractivity contribution in [1.29, 1.82) is 0 Å². The molecule has 1 aliphatic rings. The first-order valence-corrected chi connectivity index (χ1v) is 7.02. The van der Waals surface area contributed by atoms with Crippen LogP contribution in [-0.2, 0) is 0 Å². The Labute approximate surface area is 108 Å². The molecule has 1 aliphatic heterocycles. The maximum absolute atomic E-state index is 4.51. The number of imidazole rings is 1. The summed E-state index contributed by atoms with van der Waals surface area (Å²) >= 11 is 0. The van der Waals surface area contributed by atoms with Crippen molar-refractivity contribution < 1.29 is 0 Å². The van der Waals surface area contributed by atoms with Crippen molar-refractivity contribution in [3.8, 4) is 0 Å². The van der Waals surface area contributed by atoms with Crippen LogP contribution in [0.2, 0.25) is 0 Å². The number of likely N-dealkylation sites (tertiary alicyclic amines) is 1. The Morgan fingerprint density at radius 3 is 3.11 bits per heavy atom. The number of fused-ring (bicyclic) bond motifs is 1. The van der Waals surface area contributed by atoms with E-state index in [4.69, 9.17) is 0 Å². The summed E-state index contributed by atoms with van der Waals surface area (Å²) in [5.74, 6) is 0. The number of aromatic nitrogens is 2. The largest absolute Gasteiger partial charge is 0.326 e. The van der Waals surface area contributed by atoms with Gasteiger partial charge in [-0.1, -0.05) is 19.1 Å². The highest BCUT2D eigenvalue weighted by molar-refractivity contribution is 5.75. The average Bonchev–Trinajstić information content (AvgIpc) is 2.83. The SMILES string of the molecule is CCCN1CCCC(n2cnc3ccccc32)C1. The van der Waals surface area contributed by atoms with Crippen molar-refractivity contribution in [3.63, 3.8) is 0 Å². The van der Waals surface area contributed by atoms with Gasteiger partial charge >= 0.3 is 0 Å². The molecule has 3 nitrogen and oxygen atoms in total. The maximum atomic E-state index is 4.51. The van der Waals surface area contributed by atoms with E-state index >= 15 is 0 Å². The van der Waals surface area contributed by atoms with Gasteiger partial charge in [-0.2, -0.15) is 0 Å². The van der Waals surface area contributed by atoms with E-state index in [0.29, 0.717) is 6.04 Å². The molecule has 18 heavy (non-hydrogen) atoms. The Kier molecular flexibility index (Phi) is 3.33. The number of hydrogen-bond donors (Lipinski definition) is 0. The minimum Gasteiger partial charge on any atom is -0.326 e. The highest BCUT2D eigenvalue weighted by atomic mass is 15.2. The molecule has 0 bridgehead atoms. The van der Waals surface area contributed by atoms with Crippen molar-refractivity contribution in [2.24, 2.45) is 0 Å². The first-order chi connectivity index (χ1) is 8.88. The summed E-state index contributed by atoms with van der Waals surface area (Å²) in [5, 5.41) is 0. The van der Waals surface area contributed by atoms with Gasteiger partial charge in [-0.15, -0.1) is 0 Å². The standard InChI is InChI=1S/C15H21N3/c1-2-9-17-10-5-6-13(11-17)18-12-16-14-7-3-4-8-15(14)18/h3-4,7-8,12-13H,2,5-6,9-11H2,1H3. The maximum Gasteiger partial charge on any atom is 0.0961 e. The van der Waals surface area contributed by atoms with Crippen LogP contribution >= 0.6 is 0 Å². The Morgan fingerprint density at radius 2 is 2.22 bits per heavy atom. The second-order valence-electron chi connectivity index (χ2n) is 5.24. The lowest BCUT2D eigenvalue weighted by molar-refractivity contribution is 0.179. The van der Waals surface area contributed by atoms with Crippen molar-refractivity contribution in [2.75, 3.05) is 19.6 Å². The van der Waals surface area contributed by atoms with Gasteiger partial charge in [0.15, 0.2) is 0 Å². The average molecular weight is 243 g/mol. The van der Waals surface area contributed by atoms with Gasteiger partial charge in [0.2, 0.25) is 0 Å². The Hall–Kier alpha value is -1.35. The molecule has 2 heterocycles. The van der Waals surface area contributed by atoms with E-state index in [-0.39, 0.29) is 0 Å². The fourth-order valence-electron chi connectivity index (χ4n) is 3.05. The van der Waals surface area contributed by atoms with E-state index in [1.807, 2.05) is 6.33 Å². The second-order valence-corrected chi connectivity index (χ2v) is 5.24. The summed E-state index contributed by atoms with van der Waals surface area (Å²) in [7, 11) is 0. The molecule has 2 aromatic rings. The molecule has 0 saturated carbocycles. The summed E-state index contributed by atoms with van der Waals surface area (Å²) in [4.78, 5) is 7.10. The second kappa shape index (κ2) is 5.11. The third-order valence-corrected chi connectivity index (χ3v) is 3.89. The van der Waals surface area contributed by atoms with Crippen LogP contribution in [0.5, 0.6) is 0 Å². The lowest BCUT2D eigenvalue weighted by Crippen LogP contribution is -2.36. The Morgan fingerprint density at radius 1 is 1.33 bits per heavy atom. The molecule has 3 heteroatoms. The van der Waals surface area contributed by atoms with Crippen molar-refractivity contribution >= 4 is 11.0 Å². The van der Waals surface area contributed by atoms with E-state index in [2.05, 4.69) is 45.6 Å². The fourth-order valence-corrected chi connectivity index (χ4v) is 3.05. The quantitative estimate of drug-likeness (QED) is 0.826. The van der Waals surface area contributed by atoms with Crippen LogP contribution in [0.25, 0.3) is 11.0 Å². The Balaban J connectivity index is 1.85. The zero-order valence-corrected chi connectivity index (χ0v) is 11.0. The molecule has 1 aromatic heterocycles. The predicted octanol–water partition coefficient (Wildman–Crippen LogP) is 3.08. The van der Waals surface area contributed by atoms with Gasteiger partial charge in [0.05, 0.1) is 17.4 Å². The van der Waals surface area contributed by atoms with Crippen LogP contribution in [0, 0.1) is 0 Å². The molecule has 0 aliphatic carbocycles. The molecular formula is C15H21N3. The van der Waals surface area contributed by atoms with Gasteiger partial charge in [-0.05, 0) is 44.5 Å². The number of para-hydroxylation sites is 2. The van der Waals surface area contributed by atoms with Crippen LogP contribution in [0.15, 0.2) is 30.6 Å². The monoisotopic (exact) mass is 243 g/mol. The third kappa shape index (κ3) is 2.15. The molecule has 0 radical (unpaired) electrons. The third-order valence-electron chi connectivity index (χ3n) is 3.89. The molecule has 0 spiro atoms. The predicted molar refractivity (Wildman–Crippen MR) is 74.7 cm³/mol. The zero-order valence-electron chi connectivity index (χ0n) is 11.0. The number of benzene rings is 1. The van der Waals surface area contributed by atoms with Crippen molar-refractivity contribution in [2.45, 2.75) is 32.2 Å². The van der Waals surface area contributed by atoms with Crippen LogP contribution in [0.4, 0.5) is 0 Å². The molecule has 1 saturated heterocycles. The van der Waals surface area contributed by atoms with E-state index in [0.717, 1.165) is 5.52 Å². The molecule has 0 amide bonds. The van der Waals surface area contributed by atoms with Gasteiger partial charge in [0.1, 0.15) is 0 Å². The van der Waals surface area contributed by atoms with E-state index in [1.165, 1.54) is 44.4 Å². The van der Waals surface area contributed by atoms with Gasteiger partial charge < -0.3 is 9.47 Å². The van der Waals surface area contributed by atoms with Crippen molar-refractivity contribution in [3.05, 3.63) is 30.6 Å². The first kappa shape index (κ1) is 11.7. The highest BCUT2D eigenvalue weighted by Crippen LogP contribution is 2.25. The molecule has 1 fully saturated rings. The molecule has 3 rings (SSSR count). The number of piperidine rings is 1. The summed E-state index contributed by atoms with van der Waals surface area (Å²) < 4.78 is 2.37. The molecule has 96 valence electrons. The van der Waals surface area contributed by atoms with Gasteiger partial charge in [-0.3, -0.25) is 0 Å². The molecular weight excluding hydrogens is 222 g/mol. The number of nitrogens with zero attached hydrogens (tertiary/aromatic N) is 3. The molecule has 1 atom stereocenters. The summed E-state index contributed by atoms with van der Waals surface area (Å²) in [5.41, 5.74) is 2.39. The molecule has 1 unspecified atom stereocenters. The number of hydrogen-bond acceptors (Lipinski definition) is 2. The van der Waals surface area contributed by atoms with E-state index in [9.17, 15) is 0 Å². The smallest absolute Gasteiger partial charge is 0.0961 e. The van der Waals surface area contributed by atoms with Crippen molar-refractivity contribution in [1.82, 2.24) is 14.5 Å². The van der Waals surface area contributed by atoms with Crippen LogP contribution in [-0.4, -0.2) is 34.1 Å². The van der Waals surface area contributed by atoms with Crippen LogP contribution in [0.3, 0.4) is 0 Å². The van der Waals surface area contributed by atoms with Crippen LogP contribution in [0.1, 0.15) is 32.2 Å². The summed E-state index contributed by atoms with van der Waals surface area (Å²) in [6, 6.07) is 9.04. The normalized spacial score (nSPS) is 21.5. The molecule has 0 N–H and O–H groups in total. The lowest BCUT2D eigenvalue weighted by Gasteiger charge is -2.33. The topological polar surface area (TPSA) is 21.1 Å². The van der Waals surface area contributed by atoms with Gasteiger partial charge in [0, 0.05) is 12.6 Å². The van der Waals surface area contributed by atoms with Crippen LogP contribution < -0.4 is 0 Å².